The van der Waals surface area contributed by atoms with Crippen molar-refractivity contribution in [2.45, 2.75) is 26.8 Å². The second-order valence-electron chi connectivity index (χ2n) is 5.10. The van der Waals surface area contributed by atoms with Crippen molar-refractivity contribution < 1.29 is 4.79 Å². The van der Waals surface area contributed by atoms with Crippen molar-refractivity contribution in [1.82, 2.24) is 4.98 Å². The molecule has 0 saturated heterocycles. The molecule has 0 aliphatic heterocycles. The van der Waals surface area contributed by atoms with Crippen molar-refractivity contribution >= 4 is 11.7 Å². The van der Waals surface area contributed by atoms with Crippen LogP contribution < -0.4 is 16.8 Å². The van der Waals surface area contributed by atoms with Gasteiger partial charge in [0.25, 0.3) is 0 Å². The Morgan fingerprint density at radius 1 is 1.47 bits per heavy atom. The van der Waals surface area contributed by atoms with Gasteiger partial charge in [-0.15, -0.1) is 0 Å². The maximum absolute atomic E-state index is 10.9. The normalized spacial score (nSPS) is 13.2. The van der Waals surface area contributed by atoms with E-state index in [-0.39, 0.29) is 11.5 Å². The Bertz CT molecular complexity index is 380. The monoisotopic (exact) mass is 236 g/mol. The summed E-state index contributed by atoms with van der Waals surface area (Å²) in [6.07, 6.45) is 1.46. The molecule has 0 spiro atoms. The summed E-state index contributed by atoms with van der Waals surface area (Å²) in [5.41, 5.74) is 11.3. The second kappa shape index (κ2) is 5.14. The number of nitrogens with two attached hydrogens (primary N) is 2. The van der Waals surface area contributed by atoms with E-state index < -0.39 is 5.91 Å². The van der Waals surface area contributed by atoms with Gasteiger partial charge in [0.15, 0.2) is 0 Å². The maximum atomic E-state index is 10.9. The van der Waals surface area contributed by atoms with Gasteiger partial charge in [-0.25, -0.2) is 4.98 Å². The largest absolute Gasteiger partial charge is 0.366 e. The molecule has 1 atom stereocenters. The van der Waals surface area contributed by atoms with Crippen LogP contribution in [-0.2, 0) is 0 Å². The first-order valence-electron chi connectivity index (χ1n) is 5.57. The highest BCUT2D eigenvalue weighted by molar-refractivity contribution is 5.92. The molecule has 0 bridgehead atoms. The minimum Gasteiger partial charge on any atom is -0.366 e. The lowest BCUT2D eigenvalue weighted by atomic mass is 9.87. The van der Waals surface area contributed by atoms with Gasteiger partial charge in [-0.1, -0.05) is 20.8 Å². The molecule has 0 radical (unpaired) electrons. The van der Waals surface area contributed by atoms with Crippen LogP contribution in [-0.4, -0.2) is 23.5 Å². The van der Waals surface area contributed by atoms with Gasteiger partial charge in [0.2, 0.25) is 5.91 Å². The lowest BCUT2D eigenvalue weighted by molar-refractivity contribution is 0.1000. The summed E-state index contributed by atoms with van der Waals surface area (Å²) in [7, 11) is 0. The Morgan fingerprint density at radius 3 is 2.47 bits per heavy atom. The molecule has 0 fully saturated rings. The van der Waals surface area contributed by atoms with E-state index in [0.29, 0.717) is 17.9 Å². The number of aromatic nitrogens is 1. The predicted molar refractivity (Wildman–Crippen MR) is 68.7 cm³/mol. The van der Waals surface area contributed by atoms with E-state index in [1.165, 1.54) is 6.20 Å². The summed E-state index contributed by atoms with van der Waals surface area (Å²) in [6, 6.07) is 3.50. The molecule has 0 aliphatic rings. The first kappa shape index (κ1) is 13.4. The third-order valence-electron chi connectivity index (χ3n) is 2.65. The standard InChI is InChI=1S/C12H20N4O/c1-12(2,3)9(6-13)16-10-5-4-8(7-15-10)11(14)17/h4-5,7,9H,6,13H2,1-3H3,(H2,14,17)(H,15,16). The number of hydrogen-bond acceptors (Lipinski definition) is 4. The van der Waals surface area contributed by atoms with Crippen molar-refractivity contribution in [2.24, 2.45) is 16.9 Å². The highest BCUT2D eigenvalue weighted by atomic mass is 16.1. The summed E-state index contributed by atoms with van der Waals surface area (Å²) in [5.74, 6) is 0.218. The first-order chi connectivity index (χ1) is 7.84. The fourth-order valence-corrected chi connectivity index (χ4v) is 1.43. The van der Waals surface area contributed by atoms with Crippen LogP contribution in [0.15, 0.2) is 18.3 Å². The summed E-state index contributed by atoms with van der Waals surface area (Å²) in [5, 5.41) is 3.25. The van der Waals surface area contributed by atoms with Crippen molar-refractivity contribution in [2.75, 3.05) is 11.9 Å². The molecule has 1 unspecified atom stereocenters. The van der Waals surface area contributed by atoms with Gasteiger partial charge < -0.3 is 16.8 Å². The van der Waals surface area contributed by atoms with Crippen molar-refractivity contribution in [1.29, 1.82) is 0 Å². The zero-order valence-electron chi connectivity index (χ0n) is 10.5. The fraction of sp³-hybridized carbons (Fsp3) is 0.500. The average Bonchev–Trinajstić information content (AvgIpc) is 2.24. The summed E-state index contributed by atoms with van der Waals surface area (Å²) < 4.78 is 0. The van der Waals surface area contributed by atoms with Gasteiger partial charge >= 0.3 is 0 Å². The molecule has 5 N–H and O–H groups in total. The van der Waals surface area contributed by atoms with E-state index in [1.54, 1.807) is 12.1 Å². The van der Waals surface area contributed by atoms with Gasteiger partial charge in [-0.3, -0.25) is 4.79 Å². The van der Waals surface area contributed by atoms with Gasteiger partial charge in [0.1, 0.15) is 5.82 Å². The van der Waals surface area contributed by atoms with E-state index in [0.717, 1.165) is 0 Å². The van der Waals surface area contributed by atoms with Crippen LogP contribution in [0, 0.1) is 5.41 Å². The molecule has 0 aromatic carbocycles. The predicted octanol–water partition coefficient (Wildman–Crippen LogP) is 0.966. The summed E-state index contributed by atoms with van der Waals surface area (Å²) in [6.45, 7) is 6.84. The number of carbonyl (C=O) groups is 1. The third kappa shape index (κ3) is 3.71. The fourth-order valence-electron chi connectivity index (χ4n) is 1.43. The minimum atomic E-state index is -0.477. The first-order valence-corrected chi connectivity index (χ1v) is 5.57. The molecule has 94 valence electrons. The van der Waals surface area contributed by atoms with Crippen LogP contribution in [0.5, 0.6) is 0 Å². The summed E-state index contributed by atoms with van der Waals surface area (Å²) in [4.78, 5) is 15.0. The van der Waals surface area contributed by atoms with E-state index in [1.807, 2.05) is 0 Å². The second-order valence-corrected chi connectivity index (χ2v) is 5.10. The molecule has 5 heteroatoms. The molecule has 1 heterocycles. The smallest absolute Gasteiger partial charge is 0.250 e. The Balaban J connectivity index is 2.78. The Labute approximate surface area is 102 Å². The van der Waals surface area contributed by atoms with E-state index >= 15 is 0 Å². The Kier molecular flexibility index (Phi) is 4.07. The molecule has 1 aromatic rings. The van der Waals surface area contributed by atoms with Gasteiger partial charge in [0, 0.05) is 18.8 Å². The molecule has 0 saturated carbocycles. The maximum Gasteiger partial charge on any atom is 0.250 e. The van der Waals surface area contributed by atoms with Crippen molar-refractivity contribution in [3.63, 3.8) is 0 Å². The molecule has 0 aliphatic carbocycles. The van der Waals surface area contributed by atoms with Crippen molar-refractivity contribution in [3.05, 3.63) is 23.9 Å². The molecule has 1 amide bonds. The highest BCUT2D eigenvalue weighted by Crippen LogP contribution is 2.21. The zero-order valence-corrected chi connectivity index (χ0v) is 10.5. The average molecular weight is 236 g/mol. The zero-order chi connectivity index (χ0) is 13.1. The van der Waals surface area contributed by atoms with Gasteiger partial charge in [0.05, 0.1) is 5.56 Å². The van der Waals surface area contributed by atoms with Crippen LogP contribution >= 0.6 is 0 Å². The van der Waals surface area contributed by atoms with Crippen LogP contribution in [0.2, 0.25) is 0 Å². The van der Waals surface area contributed by atoms with Gasteiger partial charge in [-0.05, 0) is 17.5 Å². The molecular weight excluding hydrogens is 216 g/mol. The van der Waals surface area contributed by atoms with Crippen LogP contribution in [0.4, 0.5) is 5.82 Å². The Hall–Kier alpha value is -1.62. The van der Waals surface area contributed by atoms with Crippen molar-refractivity contribution in [3.8, 4) is 0 Å². The van der Waals surface area contributed by atoms with E-state index in [4.69, 9.17) is 11.5 Å². The molecule has 5 nitrogen and oxygen atoms in total. The number of pyridine rings is 1. The number of carbonyl (C=O) groups excluding carboxylic acids is 1. The number of rotatable bonds is 4. The number of nitrogens with one attached hydrogen (secondary N) is 1. The molecule has 1 aromatic heterocycles. The lowest BCUT2D eigenvalue weighted by Gasteiger charge is -2.30. The topological polar surface area (TPSA) is 94.0 Å². The number of primary amides is 1. The van der Waals surface area contributed by atoms with Crippen LogP contribution in [0.25, 0.3) is 0 Å². The number of amides is 1. The molecule has 17 heavy (non-hydrogen) atoms. The SMILES string of the molecule is CC(C)(C)C(CN)Nc1ccc(C(N)=O)cn1. The Morgan fingerprint density at radius 2 is 2.12 bits per heavy atom. The van der Waals surface area contributed by atoms with E-state index in [2.05, 4.69) is 31.1 Å². The lowest BCUT2D eigenvalue weighted by Crippen LogP contribution is -2.40. The number of hydrogen-bond donors (Lipinski definition) is 3. The van der Waals surface area contributed by atoms with Gasteiger partial charge in [-0.2, -0.15) is 0 Å². The minimum absolute atomic E-state index is 0.0405. The van der Waals surface area contributed by atoms with E-state index in [9.17, 15) is 4.79 Å². The van der Waals surface area contributed by atoms with Crippen LogP contribution in [0.3, 0.4) is 0 Å². The third-order valence-corrected chi connectivity index (χ3v) is 2.65. The highest BCUT2D eigenvalue weighted by Gasteiger charge is 2.23. The molecule has 1 rings (SSSR count). The van der Waals surface area contributed by atoms with Crippen LogP contribution in [0.1, 0.15) is 31.1 Å². The number of nitrogens with zero attached hydrogens (tertiary/aromatic N) is 1. The summed E-state index contributed by atoms with van der Waals surface area (Å²) >= 11 is 0. The molecular formula is C12H20N4O. The number of anilines is 1. The quantitative estimate of drug-likeness (QED) is 0.726.